The van der Waals surface area contributed by atoms with Gasteiger partial charge in [-0.3, -0.25) is 19.8 Å². The van der Waals surface area contributed by atoms with Crippen LogP contribution in [-0.2, 0) is 9.59 Å². The van der Waals surface area contributed by atoms with Crippen LogP contribution in [0.4, 0.5) is 5.82 Å². The molecule has 122 valence electrons. The van der Waals surface area contributed by atoms with Gasteiger partial charge in [-0.05, 0) is 48.3 Å². The number of hydrogen-bond acceptors (Lipinski definition) is 6. The predicted octanol–water partition coefficient (Wildman–Crippen LogP) is 1.63. The topological polar surface area (TPSA) is 87.5 Å². The maximum absolute atomic E-state index is 12.0. The largest absolute Gasteiger partial charge is 0.363 e. The lowest BCUT2D eigenvalue weighted by Crippen LogP contribution is -2.41. The molecule has 2 N–H and O–H groups in total. The molecule has 1 fully saturated rings. The molecule has 1 saturated heterocycles. The fraction of sp³-hybridized carbons (Fsp3) is 0.400. The van der Waals surface area contributed by atoms with E-state index >= 15 is 0 Å². The summed E-state index contributed by atoms with van der Waals surface area (Å²) in [5.41, 5.74) is 1.18. The van der Waals surface area contributed by atoms with Crippen LogP contribution < -0.4 is 10.6 Å². The van der Waals surface area contributed by atoms with Crippen LogP contribution in [0.1, 0.15) is 24.4 Å². The summed E-state index contributed by atoms with van der Waals surface area (Å²) in [6, 6.07) is 3.64. The quantitative estimate of drug-likeness (QED) is 0.812. The van der Waals surface area contributed by atoms with Crippen LogP contribution in [0.5, 0.6) is 0 Å². The van der Waals surface area contributed by atoms with Gasteiger partial charge in [0.1, 0.15) is 6.26 Å². The van der Waals surface area contributed by atoms with Crippen molar-refractivity contribution in [3.05, 3.63) is 34.7 Å². The highest BCUT2D eigenvalue weighted by atomic mass is 32.1. The van der Waals surface area contributed by atoms with E-state index in [-0.39, 0.29) is 11.9 Å². The number of anilines is 1. The van der Waals surface area contributed by atoms with Gasteiger partial charge in [0, 0.05) is 12.6 Å². The number of amides is 2. The summed E-state index contributed by atoms with van der Waals surface area (Å²) in [5.74, 6) is -1.20. The Morgan fingerprint density at radius 2 is 2.13 bits per heavy atom. The monoisotopic (exact) mass is 334 g/mol. The normalized spacial score (nSPS) is 16.2. The number of aromatic nitrogens is 1. The first-order valence-corrected chi connectivity index (χ1v) is 8.44. The standard InChI is InChI=1S/C15H18N4O3S/c20-14(15(21)17-13-3-7-22-18-13)16-9-12(11-4-8-23-10-11)19-5-1-2-6-19/h3-4,7-8,10,12H,1-2,5-6,9H2,(H,16,20)(H,17,18,21)/t12-/m1/s1. The average Bonchev–Trinajstić information content (AvgIpc) is 3.31. The van der Waals surface area contributed by atoms with Gasteiger partial charge in [-0.1, -0.05) is 5.16 Å². The van der Waals surface area contributed by atoms with Crippen molar-refractivity contribution in [3.63, 3.8) is 0 Å². The van der Waals surface area contributed by atoms with E-state index in [1.54, 1.807) is 11.3 Å². The summed E-state index contributed by atoms with van der Waals surface area (Å²) in [5, 5.41) is 12.8. The van der Waals surface area contributed by atoms with E-state index in [0.29, 0.717) is 6.54 Å². The first kappa shape index (κ1) is 15.7. The predicted molar refractivity (Wildman–Crippen MR) is 86.0 cm³/mol. The lowest BCUT2D eigenvalue weighted by atomic mass is 10.1. The lowest BCUT2D eigenvalue weighted by Gasteiger charge is -2.27. The minimum atomic E-state index is -0.746. The highest BCUT2D eigenvalue weighted by Crippen LogP contribution is 2.26. The van der Waals surface area contributed by atoms with E-state index in [1.165, 1.54) is 30.7 Å². The van der Waals surface area contributed by atoms with E-state index in [2.05, 4.69) is 36.7 Å². The number of nitrogens with one attached hydrogen (secondary N) is 2. The molecule has 0 aliphatic carbocycles. The minimum Gasteiger partial charge on any atom is -0.363 e. The van der Waals surface area contributed by atoms with Gasteiger partial charge >= 0.3 is 11.8 Å². The number of nitrogens with zero attached hydrogens (tertiary/aromatic N) is 2. The highest BCUT2D eigenvalue weighted by molar-refractivity contribution is 7.07. The maximum Gasteiger partial charge on any atom is 0.314 e. The third kappa shape index (κ3) is 3.96. The molecule has 1 atom stereocenters. The number of thiophene rings is 1. The second-order valence-corrected chi connectivity index (χ2v) is 6.14. The van der Waals surface area contributed by atoms with Crippen molar-refractivity contribution in [1.29, 1.82) is 0 Å². The van der Waals surface area contributed by atoms with Crippen LogP contribution in [0.15, 0.2) is 33.7 Å². The Balaban J connectivity index is 1.57. The summed E-state index contributed by atoms with van der Waals surface area (Å²) in [4.78, 5) is 26.1. The molecule has 0 bridgehead atoms. The molecule has 0 unspecified atom stereocenters. The molecule has 1 aliphatic rings. The summed E-state index contributed by atoms with van der Waals surface area (Å²) in [7, 11) is 0. The van der Waals surface area contributed by atoms with Crippen LogP contribution >= 0.6 is 11.3 Å². The molecule has 2 aromatic heterocycles. The lowest BCUT2D eigenvalue weighted by molar-refractivity contribution is -0.136. The third-order valence-corrected chi connectivity index (χ3v) is 4.55. The molecule has 23 heavy (non-hydrogen) atoms. The van der Waals surface area contributed by atoms with Crippen molar-refractivity contribution in [2.24, 2.45) is 0 Å². The van der Waals surface area contributed by atoms with Gasteiger partial charge in [-0.25, -0.2) is 0 Å². The smallest absolute Gasteiger partial charge is 0.314 e. The van der Waals surface area contributed by atoms with Crippen molar-refractivity contribution in [1.82, 2.24) is 15.4 Å². The second-order valence-electron chi connectivity index (χ2n) is 5.36. The van der Waals surface area contributed by atoms with Crippen LogP contribution in [-0.4, -0.2) is 41.5 Å². The Hall–Kier alpha value is -2.19. The SMILES string of the molecule is O=C(NC[C@H](c1ccsc1)N1CCCC1)C(=O)Nc1ccon1. The molecule has 0 saturated carbocycles. The van der Waals surface area contributed by atoms with Crippen molar-refractivity contribution in [3.8, 4) is 0 Å². The minimum absolute atomic E-state index is 0.104. The van der Waals surface area contributed by atoms with Gasteiger partial charge in [0.15, 0.2) is 5.82 Å². The van der Waals surface area contributed by atoms with Gasteiger partial charge in [-0.15, -0.1) is 0 Å². The zero-order chi connectivity index (χ0) is 16.1. The number of carbonyl (C=O) groups excluding carboxylic acids is 2. The van der Waals surface area contributed by atoms with Gasteiger partial charge in [0.05, 0.1) is 6.04 Å². The molecule has 0 radical (unpaired) electrons. The van der Waals surface area contributed by atoms with Crippen LogP contribution in [0.25, 0.3) is 0 Å². The van der Waals surface area contributed by atoms with Crippen molar-refractivity contribution in [2.75, 3.05) is 25.0 Å². The van der Waals surface area contributed by atoms with Crippen LogP contribution in [0.2, 0.25) is 0 Å². The Labute approximate surface area is 137 Å². The molecular weight excluding hydrogens is 316 g/mol. The summed E-state index contributed by atoms with van der Waals surface area (Å²) >= 11 is 1.63. The fourth-order valence-corrected chi connectivity index (χ4v) is 3.40. The highest BCUT2D eigenvalue weighted by Gasteiger charge is 2.25. The molecular formula is C15H18N4O3S. The van der Waals surface area contributed by atoms with Gasteiger partial charge in [0.2, 0.25) is 0 Å². The first-order valence-electron chi connectivity index (χ1n) is 7.50. The maximum atomic E-state index is 12.0. The molecule has 3 heterocycles. The fourth-order valence-electron chi connectivity index (χ4n) is 2.70. The van der Waals surface area contributed by atoms with Crippen LogP contribution in [0, 0.1) is 0 Å². The average molecular weight is 334 g/mol. The molecule has 0 spiro atoms. The molecule has 1 aliphatic heterocycles. The van der Waals surface area contributed by atoms with Crippen molar-refractivity contribution >= 4 is 29.0 Å². The summed E-state index contributed by atoms with van der Waals surface area (Å²) in [6.45, 7) is 2.44. The Bertz CT molecular complexity index is 636. The van der Waals surface area contributed by atoms with Gasteiger partial charge in [-0.2, -0.15) is 11.3 Å². The van der Waals surface area contributed by atoms with E-state index in [4.69, 9.17) is 0 Å². The van der Waals surface area contributed by atoms with E-state index in [9.17, 15) is 9.59 Å². The van der Waals surface area contributed by atoms with Crippen molar-refractivity contribution < 1.29 is 14.1 Å². The van der Waals surface area contributed by atoms with Crippen molar-refractivity contribution in [2.45, 2.75) is 18.9 Å². The Morgan fingerprint density at radius 3 is 2.78 bits per heavy atom. The molecule has 7 nitrogen and oxygen atoms in total. The summed E-state index contributed by atoms with van der Waals surface area (Å²) in [6.07, 6.45) is 3.66. The number of carbonyl (C=O) groups is 2. The third-order valence-electron chi connectivity index (χ3n) is 3.85. The van der Waals surface area contributed by atoms with Gasteiger partial charge in [0.25, 0.3) is 0 Å². The molecule has 3 rings (SSSR count). The Morgan fingerprint density at radius 1 is 1.30 bits per heavy atom. The van der Waals surface area contributed by atoms with E-state index < -0.39 is 11.8 Å². The Kier molecular flexibility index (Phi) is 5.04. The summed E-state index contributed by atoms with van der Waals surface area (Å²) < 4.78 is 4.61. The van der Waals surface area contributed by atoms with E-state index in [1.807, 2.05) is 5.38 Å². The number of rotatable bonds is 5. The van der Waals surface area contributed by atoms with Gasteiger partial charge < -0.3 is 9.84 Å². The second kappa shape index (κ2) is 7.38. The first-order chi connectivity index (χ1) is 11.2. The zero-order valence-electron chi connectivity index (χ0n) is 12.5. The van der Waals surface area contributed by atoms with Crippen LogP contribution in [0.3, 0.4) is 0 Å². The van der Waals surface area contributed by atoms with E-state index in [0.717, 1.165) is 13.1 Å². The molecule has 8 heteroatoms. The molecule has 2 amide bonds. The molecule has 0 aromatic carbocycles. The molecule has 2 aromatic rings. The number of likely N-dealkylation sites (tertiary alicyclic amines) is 1. The zero-order valence-corrected chi connectivity index (χ0v) is 13.3. The number of hydrogen-bond donors (Lipinski definition) is 2.